The molecule has 0 spiro atoms. The van der Waals surface area contributed by atoms with E-state index in [0.29, 0.717) is 0 Å². The van der Waals surface area contributed by atoms with Gasteiger partial charge in [-0.2, -0.15) is 0 Å². The maximum Gasteiger partial charge on any atom is 0.0510 e. The van der Waals surface area contributed by atoms with Gasteiger partial charge >= 0.3 is 0 Å². The summed E-state index contributed by atoms with van der Waals surface area (Å²) in [7, 11) is 0. The predicted molar refractivity (Wildman–Crippen MR) is 44.5 cm³/mol. The number of fused-ring (bicyclic) bond motifs is 1. The zero-order valence-corrected chi connectivity index (χ0v) is 7.42. The van der Waals surface area contributed by atoms with E-state index in [0.717, 1.165) is 31.1 Å². The summed E-state index contributed by atoms with van der Waals surface area (Å²) >= 11 is 0. The third-order valence-corrected chi connectivity index (χ3v) is 3.00. The number of nitrogens with zero attached hydrogens (tertiary/aromatic N) is 1. The van der Waals surface area contributed by atoms with Crippen molar-refractivity contribution in [3.8, 4) is 0 Å². The minimum atomic E-state index is 0.723. The summed E-state index contributed by atoms with van der Waals surface area (Å²) in [5, 5.41) is 0. The summed E-state index contributed by atoms with van der Waals surface area (Å²) in [4.78, 5) is 2.57. The van der Waals surface area contributed by atoms with E-state index in [4.69, 9.17) is 4.74 Å². The fraction of sp³-hybridized carbons (Fsp3) is 1.00. The van der Waals surface area contributed by atoms with Crippen LogP contribution < -0.4 is 0 Å². The molecule has 2 aliphatic rings. The first-order chi connectivity index (χ1) is 5.27. The summed E-state index contributed by atoms with van der Waals surface area (Å²) in [6, 6.07) is 0.723. The van der Waals surface area contributed by atoms with Crippen molar-refractivity contribution in [1.29, 1.82) is 0 Å². The van der Waals surface area contributed by atoms with Gasteiger partial charge < -0.3 is 9.64 Å². The molecule has 0 amide bonds. The Morgan fingerprint density at radius 2 is 1.73 bits per heavy atom. The van der Waals surface area contributed by atoms with Gasteiger partial charge in [-0.1, -0.05) is 0 Å². The summed E-state index contributed by atoms with van der Waals surface area (Å²) < 4.78 is 5.41. The van der Waals surface area contributed by atoms with Crippen LogP contribution in [0.2, 0.25) is 0 Å². The molecule has 2 rings (SSSR count). The molecule has 0 aromatic heterocycles. The Hall–Kier alpha value is -0.0800. The Morgan fingerprint density at radius 1 is 1.18 bits per heavy atom. The van der Waals surface area contributed by atoms with Crippen molar-refractivity contribution in [2.45, 2.75) is 19.9 Å². The molecule has 0 radical (unpaired) electrons. The highest BCUT2D eigenvalue weighted by molar-refractivity contribution is 4.88. The second-order valence-electron chi connectivity index (χ2n) is 4.11. The summed E-state index contributed by atoms with van der Waals surface area (Å²) in [6.07, 6.45) is 0. The Bertz CT molecular complexity index is 134. The molecule has 0 N–H and O–H groups in total. The van der Waals surface area contributed by atoms with Crippen LogP contribution >= 0.6 is 0 Å². The van der Waals surface area contributed by atoms with Gasteiger partial charge in [-0.05, 0) is 13.8 Å². The Balaban J connectivity index is 1.94. The molecule has 0 aliphatic carbocycles. The van der Waals surface area contributed by atoms with Crippen molar-refractivity contribution < 1.29 is 4.74 Å². The average molecular weight is 155 g/mol. The van der Waals surface area contributed by atoms with E-state index in [9.17, 15) is 0 Å². The first-order valence-corrected chi connectivity index (χ1v) is 4.59. The highest BCUT2D eigenvalue weighted by atomic mass is 16.5. The minimum absolute atomic E-state index is 0.723. The normalized spacial score (nSPS) is 38.5. The molecule has 11 heavy (non-hydrogen) atoms. The van der Waals surface area contributed by atoms with Crippen LogP contribution in [0.25, 0.3) is 0 Å². The van der Waals surface area contributed by atoms with Crippen LogP contribution in [0.5, 0.6) is 0 Å². The number of ether oxygens (including phenoxy) is 1. The average Bonchev–Trinajstić information content (AvgIpc) is 2.40. The van der Waals surface area contributed by atoms with Gasteiger partial charge in [-0.25, -0.2) is 0 Å². The zero-order valence-electron chi connectivity index (χ0n) is 7.42. The highest BCUT2D eigenvalue weighted by Crippen LogP contribution is 2.29. The number of likely N-dealkylation sites (tertiary alicyclic amines) is 1. The third kappa shape index (κ3) is 1.30. The van der Waals surface area contributed by atoms with Crippen LogP contribution in [0.3, 0.4) is 0 Å². The molecule has 0 aromatic rings. The number of hydrogen-bond acceptors (Lipinski definition) is 2. The Morgan fingerprint density at radius 3 is 2.18 bits per heavy atom. The van der Waals surface area contributed by atoms with E-state index in [2.05, 4.69) is 18.7 Å². The van der Waals surface area contributed by atoms with Crippen molar-refractivity contribution in [3.63, 3.8) is 0 Å². The molecule has 0 unspecified atom stereocenters. The first-order valence-electron chi connectivity index (χ1n) is 4.59. The van der Waals surface area contributed by atoms with Crippen molar-refractivity contribution in [1.82, 2.24) is 4.90 Å². The van der Waals surface area contributed by atoms with Gasteiger partial charge in [-0.15, -0.1) is 0 Å². The predicted octanol–water partition coefficient (Wildman–Crippen LogP) is 0.973. The topological polar surface area (TPSA) is 12.5 Å². The van der Waals surface area contributed by atoms with E-state index in [1.54, 1.807) is 0 Å². The van der Waals surface area contributed by atoms with Crippen LogP contribution in [0.4, 0.5) is 0 Å². The smallest absolute Gasteiger partial charge is 0.0510 e. The van der Waals surface area contributed by atoms with Gasteiger partial charge in [0, 0.05) is 31.0 Å². The molecule has 2 nitrogen and oxygen atoms in total. The molecule has 2 heterocycles. The molecule has 2 fully saturated rings. The summed E-state index contributed by atoms with van der Waals surface area (Å²) in [5.41, 5.74) is 0. The van der Waals surface area contributed by atoms with Crippen LogP contribution in [0, 0.1) is 11.8 Å². The lowest BCUT2D eigenvalue weighted by Crippen LogP contribution is -2.29. The molecule has 2 aliphatic heterocycles. The van der Waals surface area contributed by atoms with Gasteiger partial charge in [-0.3, -0.25) is 0 Å². The minimum Gasteiger partial charge on any atom is -0.381 e. The van der Waals surface area contributed by atoms with Gasteiger partial charge in [0.2, 0.25) is 0 Å². The molecule has 0 bridgehead atoms. The second-order valence-corrected chi connectivity index (χ2v) is 4.11. The molecule has 0 aromatic carbocycles. The van der Waals surface area contributed by atoms with Crippen LogP contribution in [-0.2, 0) is 4.74 Å². The van der Waals surface area contributed by atoms with E-state index < -0.39 is 0 Å². The largest absolute Gasteiger partial charge is 0.381 e. The van der Waals surface area contributed by atoms with E-state index >= 15 is 0 Å². The lowest BCUT2D eigenvalue weighted by atomic mass is 10.0. The molecule has 2 heteroatoms. The summed E-state index contributed by atoms with van der Waals surface area (Å²) in [6.45, 7) is 9.11. The molecule has 64 valence electrons. The van der Waals surface area contributed by atoms with Gasteiger partial charge in [0.1, 0.15) is 0 Å². The van der Waals surface area contributed by atoms with Crippen LogP contribution in [0.1, 0.15) is 13.8 Å². The van der Waals surface area contributed by atoms with Crippen molar-refractivity contribution in [3.05, 3.63) is 0 Å². The number of hydrogen-bond donors (Lipinski definition) is 0. The molecule has 2 saturated heterocycles. The summed E-state index contributed by atoms with van der Waals surface area (Å²) in [5.74, 6) is 1.69. The zero-order chi connectivity index (χ0) is 7.84. The molecule has 0 saturated carbocycles. The maximum absolute atomic E-state index is 5.41. The van der Waals surface area contributed by atoms with Crippen molar-refractivity contribution in [2.75, 3.05) is 26.3 Å². The molecular weight excluding hydrogens is 138 g/mol. The van der Waals surface area contributed by atoms with E-state index in [1.807, 2.05) is 0 Å². The lowest BCUT2D eigenvalue weighted by molar-refractivity contribution is 0.145. The van der Waals surface area contributed by atoms with Crippen molar-refractivity contribution in [2.24, 2.45) is 11.8 Å². The first kappa shape index (κ1) is 7.56. The lowest BCUT2D eigenvalue weighted by Gasteiger charge is -2.20. The Kier molecular flexibility index (Phi) is 1.90. The highest BCUT2D eigenvalue weighted by Gasteiger charge is 2.37. The maximum atomic E-state index is 5.41. The number of rotatable bonds is 1. The fourth-order valence-corrected chi connectivity index (χ4v) is 2.15. The molecule has 2 atom stereocenters. The molecular formula is C9H17NO. The third-order valence-electron chi connectivity index (χ3n) is 3.00. The second kappa shape index (κ2) is 2.76. The monoisotopic (exact) mass is 155 g/mol. The van der Waals surface area contributed by atoms with Crippen LogP contribution in [0.15, 0.2) is 0 Å². The Labute approximate surface area is 68.5 Å². The van der Waals surface area contributed by atoms with E-state index in [1.165, 1.54) is 13.1 Å². The van der Waals surface area contributed by atoms with Gasteiger partial charge in [0.25, 0.3) is 0 Å². The quantitative estimate of drug-likeness (QED) is 0.559. The fourth-order valence-electron chi connectivity index (χ4n) is 2.15. The van der Waals surface area contributed by atoms with Crippen LogP contribution in [-0.4, -0.2) is 37.2 Å². The van der Waals surface area contributed by atoms with Crippen molar-refractivity contribution >= 4 is 0 Å². The van der Waals surface area contributed by atoms with Gasteiger partial charge in [0.15, 0.2) is 0 Å². The SMILES string of the molecule is CC(C)N1C[C@@H]2COC[C@H]2C1. The standard InChI is InChI=1S/C9H17NO/c1-7(2)10-3-8-5-11-6-9(8)4-10/h7-9H,3-6H2,1-2H3/t8-,9-/m1/s1. The van der Waals surface area contributed by atoms with E-state index in [-0.39, 0.29) is 0 Å². The van der Waals surface area contributed by atoms with Gasteiger partial charge in [0.05, 0.1) is 13.2 Å².